The van der Waals surface area contributed by atoms with Crippen molar-refractivity contribution in [3.8, 4) is 11.8 Å². The van der Waals surface area contributed by atoms with Crippen molar-refractivity contribution in [2.45, 2.75) is 59.3 Å². The lowest BCUT2D eigenvalue weighted by atomic mass is 9.80. The van der Waals surface area contributed by atoms with Crippen LogP contribution in [-0.2, 0) is 6.42 Å². The predicted octanol–water partition coefficient (Wildman–Crippen LogP) is 6.46. The Morgan fingerprint density at radius 3 is 2.28 bits per heavy atom. The summed E-state index contributed by atoms with van der Waals surface area (Å²) in [5, 5.41) is 0. The number of rotatable bonds is 3. The lowest BCUT2D eigenvalue weighted by Crippen LogP contribution is -2.12. The highest BCUT2D eigenvalue weighted by Crippen LogP contribution is 2.31. The first-order valence-corrected chi connectivity index (χ1v) is 9.78. The third kappa shape index (κ3) is 5.23. The van der Waals surface area contributed by atoms with Crippen LogP contribution >= 0.6 is 0 Å². The van der Waals surface area contributed by atoms with Gasteiger partial charge in [-0.05, 0) is 67.9 Å². The molecule has 0 nitrogen and oxygen atoms in total. The maximum absolute atomic E-state index is 3.34. The first-order valence-electron chi connectivity index (χ1n) is 9.78. The second-order valence-electron chi connectivity index (χ2n) is 7.93. The summed E-state index contributed by atoms with van der Waals surface area (Å²) in [6.07, 6.45) is 8.28. The first kappa shape index (κ1) is 17.8. The van der Waals surface area contributed by atoms with Gasteiger partial charge in [0.25, 0.3) is 0 Å². The van der Waals surface area contributed by atoms with Crippen molar-refractivity contribution in [2.75, 3.05) is 0 Å². The predicted molar refractivity (Wildman–Crippen MR) is 108 cm³/mol. The van der Waals surface area contributed by atoms with Gasteiger partial charge in [-0.3, -0.25) is 0 Å². The molecular weight excluding hydrogens is 300 g/mol. The molecule has 0 aliphatic heterocycles. The molecule has 0 radical (unpaired) electrons. The van der Waals surface area contributed by atoms with Crippen LogP contribution in [0.1, 0.15) is 66.8 Å². The molecule has 0 aromatic heterocycles. The van der Waals surface area contributed by atoms with E-state index in [1.165, 1.54) is 55.2 Å². The Labute approximate surface area is 153 Å². The standard InChI is InChI=1S/C25H30/c1-19-4-8-22(9-5-19)12-13-24-15-17-25(21(3)18-24)16-14-23-10-6-20(2)7-11-23/h6-7,10-11,15,17-19,22H,4-5,8-9,12-13H2,1-3H3. The molecule has 0 N–H and O–H groups in total. The summed E-state index contributed by atoms with van der Waals surface area (Å²) in [5.41, 5.74) is 6.28. The molecule has 130 valence electrons. The molecule has 0 spiro atoms. The molecule has 1 saturated carbocycles. The molecular formula is C25H30. The molecule has 0 unspecified atom stereocenters. The van der Waals surface area contributed by atoms with Crippen molar-refractivity contribution in [1.29, 1.82) is 0 Å². The average molecular weight is 331 g/mol. The Morgan fingerprint density at radius 2 is 1.60 bits per heavy atom. The van der Waals surface area contributed by atoms with E-state index in [0.29, 0.717) is 0 Å². The molecule has 25 heavy (non-hydrogen) atoms. The minimum atomic E-state index is 0.942. The zero-order valence-corrected chi connectivity index (χ0v) is 15.9. The highest BCUT2D eigenvalue weighted by Gasteiger charge is 2.17. The molecule has 0 atom stereocenters. The lowest BCUT2D eigenvalue weighted by molar-refractivity contribution is 0.278. The molecule has 1 fully saturated rings. The highest BCUT2D eigenvalue weighted by molar-refractivity contribution is 5.47. The van der Waals surface area contributed by atoms with Crippen molar-refractivity contribution in [2.24, 2.45) is 11.8 Å². The van der Waals surface area contributed by atoms with Crippen molar-refractivity contribution in [3.05, 3.63) is 70.3 Å². The zero-order chi connectivity index (χ0) is 17.6. The minimum absolute atomic E-state index is 0.942. The van der Waals surface area contributed by atoms with Crippen molar-refractivity contribution in [3.63, 3.8) is 0 Å². The topological polar surface area (TPSA) is 0 Å². The number of benzene rings is 2. The van der Waals surface area contributed by atoms with Crippen molar-refractivity contribution < 1.29 is 0 Å². The highest BCUT2D eigenvalue weighted by atomic mass is 14.2. The monoisotopic (exact) mass is 330 g/mol. The maximum Gasteiger partial charge on any atom is 0.0278 e. The van der Waals surface area contributed by atoms with E-state index >= 15 is 0 Å². The van der Waals surface area contributed by atoms with Crippen LogP contribution in [0.15, 0.2) is 42.5 Å². The minimum Gasteiger partial charge on any atom is -0.0625 e. The molecule has 0 bridgehead atoms. The molecule has 0 heteroatoms. The van der Waals surface area contributed by atoms with Crippen LogP contribution < -0.4 is 0 Å². The van der Waals surface area contributed by atoms with Gasteiger partial charge in [0.2, 0.25) is 0 Å². The normalized spacial score (nSPS) is 20.0. The quantitative estimate of drug-likeness (QED) is 0.566. The SMILES string of the molecule is Cc1ccc(C#Cc2ccc(CCC3CCC(C)CC3)cc2C)cc1. The summed E-state index contributed by atoms with van der Waals surface area (Å²) < 4.78 is 0. The van der Waals surface area contributed by atoms with Gasteiger partial charge in [0.15, 0.2) is 0 Å². The number of hydrogen-bond acceptors (Lipinski definition) is 0. The fourth-order valence-electron chi connectivity index (χ4n) is 3.79. The summed E-state index contributed by atoms with van der Waals surface area (Å²) in [5.74, 6) is 8.51. The second kappa shape index (κ2) is 8.39. The Kier molecular flexibility index (Phi) is 5.98. The van der Waals surface area contributed by atoms with Crippen LogP contribution in [0.5, 0.6) is 0 Å². The van der Waals surface area contributed by atoms with E-state index in [4.69, 9.17) is 0 Å². The molecule has 2 aromatic carbocycles. The van der Waals surface area contributed by atoms with Gasteiger partial charge in [0, 0.05) is 11.1 Å². The number of aryl methyl sites for hydroxylation is 3. The third-order valence-electron chi connectivity index (χ3n) is 5.66. The molecule has 0 amide bonds. The Morgan fingerprint density at radius 1 is 0.880 bits per heavy atom. The van der Waals surface area contributed by atoms with Crippen LogP contribution in [0, 0.1) is 37.5 Å². The van der Waals surface area contributed by atoms with Crippen molar-refractivity contribution >= 4 is 0 Å². The van der Waals surface area contributed by atoms with Gasteiger partial charge in [-0.1, -0.05) is 74.3 Å². The number of hydrogen-bond donors (Lipinski definition) is 0. The van der Waals surface area contributed by atoms with E-state index in [9.17, 15) is 0 Å². The molecule has 1 aliphatic rings. The molecule has 1 aliphatic carbocycles. The van der Waals surface area contributed by atoms with E-state index in [0.717, 1.165) is 23.0 Å². The van der Waals surface area contributed by atoms with Gasteiger partial charge in [-0.25, -0.2) is 0 Å². The molecule has 2 aromatic rings. The maximum atomic E-state index is 3.34. The van der Waals surface area contributed by atoms with Crippen LogP contribution in [-0.4, -0.2) is 0 Å². The van der Waals surface area contributed by atoms with Crippen LogP contribution in [0.4, 0.5) is 0 Å². The van der Waals surface area contributed by atoms with E-state index in [2.05, 4.69) is 75.1 Å². The fraction of sp³-hybridized carbons (Fsp3) is 0.440. The van der Waals surface area contributed by atoms with Gasteiger partial charge < -0.3 is 0 Å². The summed E-state index contributed by atoms with van der Waals surface area (Å²) in [7, 11) is 0. The fourth-order valence-corrected chi connectivity index (χ4v) is 3.79. The van der Waals surface area contributed by atoms with Gasteiger partial charge >= 0.3 is 0 Å². The summed E-state index contributed by atoms with van der Waals surface area (Å²) in [6.45, 7) is 6.69. The Bertz CT molecular complexity index is 747. The van der Waals surface area contributed by atoms with Gasteiger partial charge in [-0.15, -0.1) is 0 Å². The first-order chi connectivity index (χ1) is 12.1. The third-order valence-corrected chi connectivity index (χ3v) is 5.66. The van der Waals surface area contributed by atoms with E-state index in [1.54, 1.807) is 0 Å². The van der Waals surface area contributed by atoms with Crippen LogP contribution in [0.3, 0.4) is 0 Å². The van der Waals surface area contributed by atoms with Gasteiger partial charge in [0.1, 0.15) is 0 Å². The van der Waals surface area contributed by atoms with E-state index < -0.39 is 0 Å². The Balaban J connectivity index is 1.60. The van der Waals surface area contributed by atoms with Gasteiger partial charge in [-0.2, -0.15) is 0 Å². The second-order valence-corrected chi connectivity index (χ2v) is 7.93. The van der Waals surface area contributed by atoms with Crippen molar-refractivity contribution in [1.82, 2.24) is 0 Å². The smallest absolute Gasteiger partial charge is 0.0278 e. The summed E-state index contributed by atoms with van der Waals surface area (Å²) in [6, 6.07) is 15.2. The van der Waals surface area contributed by atoms with Gasteiger partial charge in [0.05, 0.1) is 0 Å². The molecule has 3 rings (SSSR count). The van der Waals surface area contributed by atoms with E-state index in [-0.39, 0.29) is 0 Å². The lowest BCUT2D eigenvalue weighted by Gasteiger charge is -2.26. The Hall–Kier alpha value is -2.00. The van der Waals surface area contributed by atoms with E-state index in [1.807, 2.05) is 0 Å². The summed E-state index contributed by atoms with van der Waals surface area (Å²) >= 11 is 0. The van der Waals surface area contributed by atoms with Crippen LogP contribution in [0.2, 0.25) is 0 Å². The molecule has 0 saturated heterocycles. The molecule has 0 heterocycles. The van der Waals surface area contributed by atoms with Crippen LogP contribution in [0.25, 0.3) is 0 Å². The largest absolute Gasteiger partial charge is 0.0625 e. The average Bonchev–Trinajstić information content (AvgIpc) is 2.62. The summed E-state index contributed by atoms with van der Waals surface area (Å²) in [4.78, 5) is 0. The zero-order valence-electron chi connectivity index (χ0n) is 15.9.